The predicted octanol–water partition coefficient (Wildman–Crippen LogP) is 13.6. The summed E-state index contributed by atoms with van der Waals surface area (Å²) in [4.78, 5) is 12.5. The predicted molar refractivity (Wildman–Crippen MR) is 231 cm³/mol. The second-order valence-electron chi connectivity index (χ2n) is 14.3. The molecule has 0 atom stereocenters. The summed E-state index contributed by atoms with van der Waals surface area (Å²) in [5.41, 5.74) is 13.7. The molecule has 0 saturated heterocycles. The average Bonchev–Trinajstić information content (AvgIpc) is 3.68. The molecule has 0 saturated carbocycles. The van der Waals surface area contributed by atoms with Crippen LogP contribution < -0.4 is 9.64 Å². The van der Waals surface area contributed by atoms with Crippen molar-refractivity contribution in [2.75, 3.05) is 4.90 Å². The summed E-state index contributed by atoms with van der Waals surface area (Å²) in [7, 11) is 0. The molecule has 7 aromatic carbocycles. The molecule has 0 unspecified atom stereocenters. The van der Waals surface area contributed by atoms with Crippen LogP contribution in [0.1, 0.15) is 33.5 Å². The van der Waals surface area contributed by atoms with E-state index < -0.39 is 5.41 Å². The molecule has 9 aromatic rings. The molecule has 5 heteroatoms. The van der Waals surface area contributed by atoms with Crippen LogP contribution in [0, 0.1) is 13.8 Å². The molecule has 0 aliphatic carbocycles. The smallest absolute Gasteiger partial charge is 0.128 e. The number of fused-ring (bicyclic) bond motifs is 3. The number of para-hydroxylation sites is 4. The summed E-state index contributed by atoms with van der Waals surface area (Å²) in [6, 6.07) is 64.2. The van der Waals surface area contributed by atoms with Crippen LogP contribution in [-0.4, -0.2) is 9.97 Å². The Morgan fingerprint density at radius 3 is 1.95 bits per heavy atom. The molecule has 4 nitrogen and oxygen atoms in total. The van der Waals surface area contributed by atoms with E-state index in [0.29, 0.717) is 0 Å². The van der Waals surface area contributed by atoms with E-state index in [9.17, 15) is 0 Å². The first kappa shape index (κ1) is 33.7. The van der Waals surface area contributed by atoms with Crippen LogP contribution >= 0.6 is 11.3 Å². The molecule has 0 bridgehead atoms. The molecule has 0 amide bonds. The van der Waals surface area contributed by atoms with Crippen molar-refractivity contribution < 1.29 is 4.74 Å². The van der Waals surface area contributed by atoms with Gasteiger partial charge in [0.25, 0.3) is 0 Å². The molecule has 1 aliphatic heterocycles. The van der Waals surface area contributed by atoms with Crippen molar-refractivity contribution in [3.63, 3.8) is 0 Å². The quantitative estimate of drug-likeness (QED) is 0.163. The monoisotopic (exact) mass is 739 g/mol. The highest BCUT2D eigenvalue weighted by Gasteiger charge is 2.47. The van der Waals surface area contributed by atoms with Crippen LogP contribution in [0.5, 0.6) is 11.5 Å². The Morgan fingerprint density at radius 1 is 0.554 bits per heavy atom. The minimum Gasteiger partial charge on any atom is -0.457 e. The summed E-state index contributed by atoms with van der Waals surface area (Å²) in [5, 5.41) is 0.963. The van der Waals surface area contributed by atoms with E-state index in [-0.39, 0.29) is 0 Å². The largest absolute Gasteiger partial charge is 0.457 e. The number of aromatic nitrogens is 2. The number of pyridine rings is 1. The van der Waals surface area contributed by atoms with E-state index in [1.54, 1.807) is 11.3 Å². The molecule has 1 aliphatic rings. The maximum atomic E-state index is 6.98. The van der Waals surface area contributed by atoms with Gasteiger partial charge in [-0.1, -0.05) is 103 Å². The fourth-order valence-electron chi connectivity index (χ4n) is 8.54. The highest BCUT2D eigenvalue weighted by molar-refractivity contribution is 7.21. The van der Waals surface area contributed by atoms with Gasteiger partial charge >= 0.3 is 0 Å². The second-order valence-corrected chi connectivity index (χ2v) is 15.3. The summed E-state index contributed by atoms with van der Waals surface area (Å²) in [6.07, 6.45) is 1.90. The second kappa shape index (κ2) is 13.8. The van der Waals surface area contributed by atoms with Crippen LogP contribution in [0.15, 0.2) is 188 Å². The zero-order valence-electron chi connectivity index (χ0n) is 31.1. The fraction of sp³-hybridized carbons (Fsp3) is 0.0588. The standard InChI is InChI=1S/C51H37N3OS/c1-34-16-14-17-35(2)49(34)36-30-37(50-53-44-24-8-11-27-47(44)56-50)32-41(31-36)55-40-21-15-18-38(33-40)51(48-28-12-13-29-52-48)42-22-6-9-25-45(42)54(39-19-4-3-5-20-39)46-26-10-7-23-43(46)51/h3-33H,1-2H3. The third-order valence-corrected chi connectivity index (χ3v) is 12.0. The maximum Gasteiger partial charge on any atom is 0.128 e. The van der Waals surface area contributed by atoms with Crippen molar-refractivity contribution in [3.8, 4) is 33.2 Å². The first-order valence-electron chi connectivity index (χ1n) is 18.9. The summed E-state index contributed by atoms with van der Waals surface area (Å²) < 4.78 is 8.14. The lowest BCUT2D eigenvalue weighted by Gasteiger charge is -2.45. The maximum absolute atomic E-state index is 6.98. The van der Waals surface area contributed by atoms with E-state index in [0.717, 1.165) is 77.3 Å². The fourth-order valence-corrected chi connectivity index (χ4v) is 9.49. The van der Waals surface area contributed by atoms with Crippen molar-refractivity contribution in [1.82, 2.24) is 9.97 Å². The van der Waals surface area contributed by atoms with Gasteiger partial charge in [-0.15, -0.1) is 11.3 Å². The summed E-state index contributed by atoms with van der Waals surface area (Å²) in [5.74, 6) is 1.50. The van der Waals surface area contributed by atoms with Crippen LogP contribution in [-0.2, 0) is 5.41 Å². The topological polar surface area (TPSA) is 38.2 Å². The zero-order valence-corrected chi connectivity index (χ0v) is 31.9. The third kappa shape index (κ3) is 5.59. The Labute approximate surface area is 331 Å². The normalized spacial score (nSPS) is 12.9. The Kier molecular flexibility index (Phi) is 8.31. The molecule has 2 aromatic heterocycles. The first-order chi connectivity index (χ1) is 27.6. The molecular weight excluding hydrogens is 703 g/mol. The van der Waals surface area contributed by atoms with Crippen LogP contribution in [0.2, 0.25) is 0 Å². The lowest BCUT2D eigenvalue weighted by atomic mass is 9.64. The number of hydrogen-bond donors (Lipinski definition) is 0. The molecule has 0 fully saturated rings. The minimum absolute atomic E-state index is 0.743. The lowest BCUT2D eigenvalue weighted by Crippen LogP contribution is -2.38. The van der Waals surface area contributed by atoms with Gasteiger partial charge < -0.3 is 9.64 Å². The third-order valence-electron chi connectivity index (χ3n) is 10.9. The van der Waals surface area contributed by atoms with Crippen molar-refractivity contribution in [2.45, 2.75) is 19.3 Å². The van der Waals surface area contributed by atoms with Gasteiger partial charge in [0.2, 0.25) is 0 Å². The van der Waals surface area contributed by atoms with Crippen LogP contribution in [0.4, 0.5) is 17.1 Å². The van der Waals surface area contributed by atoms with Gasteiger partial charge in [-0.25, -0.2) is 4.98 Å². The van der Waals surface area contributed by atoms with Crippen LogP contribution in [0.25, 0.3) is 31.9 Å². The Bertz CT molecular complexity index is 2780. The van der Waals surface area contributed by atoms with Crippen LogP contribution in [0.3, 0.4) is 0 Å². The minimum atomic E-state index is -0.745. The summed E-state index contributed by atoms with van der Waals surface area (Å²) in [6.45, 7) is 4.35. The molecule has 0 radical (unpaired) electrons. The Balaban J connectivity index is 1.16. The highest BCUT2D eigenvalue weighted by atomic mass is 32.1. The molecule has 10 rings (SSSR count). The lowest BCUT2D eigenvalue weighted by molar-refractivity contribution is 0.481. The summed E-state index contributed by atoms with van der Waals surface area (Å²) >= 11 is 1.70. The van der Waals surface area contributed by atoms with E-state index in [4.69, 9.17) is 14.7 Å². The van der Waals surface area contributed by atoms with E-state index >= 15 is 0 Å². The van der Waals surface area contributed by atoms with Crippen molar-refractivity contribution in [3.05, 3.63) is 222 Å². The van der Waals surface area contributed by atoms with Gasteiger partial charge in [-0.2, -0.15) is 0 Å². The average molecular weight is 740 g/mol. The van der Waals surface area contributed by atoms with Gasteiger partial charge in [0.15, 0.2) is 0 Å². The number of aryl methyl sites for hydroxylation is 2. The number of thiazole rings is 1. The molecule has 56 heavy (non-hydrogen) atoms. The number of anilines is 3. The molecular formula is C51H37N3OS. The molecule has 3 heterocycles. The van der Waals surface area contributed by atoms with Gasteiger partial charge in [0, 0.05) is 17.4 Å². The van der Waals surface area contributed by atoms with E-state index in [1.165, 1.54) is 16.7 Å². The number of ether oxygens (including phenoxy) is 1. The van der Waals surface area contributed by atoms with Crippen molar-refractivity contribution in [2.24, 2.45) is 0 Å². The van der Waals surface area contributed by atoms with Crippen molar-refractivity contribution >= 4 is 38.6 Å². The molecule has 0 N–H and O–H groups in total. The van der Waals surface area contributed by atoms with Gasteiger partial charge in [-0.3, -0.25) is 4.98 Å². The number of benzene rings is 7. The Morgan fingerprint density at radius 2 is 1.21 bits per heavy atom. The Hall–Kier alpha value is -6.82. The molecule has 268 valence electrons. The SMILES string of the molecule is Cc1cccc(C)c1-c1cc(Oc2cccc(C3(c4ccccn4)c4ccccc4N(c4ccccc4)c4ccccc43)c2)cc(-c2nc3ccccc3s2)c1. The number of rotatable bonds is 7. The van der Waals surface area contributed by atoms with Crippen molar-refractivity contribution in [1.29, 1.82) is 0 Å². The van der Waals surface area contributed by atoms with E-state index in [2.05, 4.69) is 189 Å². The highest BCUT2D eigenvalue weighted by Crippen LogP contribution is 2.57. The van der Waals surface area contributed by atoms with Gasteiger partial charge in [0.05, 0.1) is 32.7 Å². The first-order valence-corrected chi connectivity index (χ1v) is 19.7. The molecule has 0 spiro atoms. The van der Waals surface area contributed by atoms with Gasteiger partial charge in [-0.05, 0) is 132 Å². The van der Waals surface area contributed by atoms with E-state index in [1.807, 2.05) is 18.3 Å². The van der Waals surface area contributed by atoms with Gasteiger partial charge in [0.1, 0.15) is 16.5 Å². The zero-order chi connectivity index (χ0) is 37.6. The number of hydrogen-bond acceptors (Lipinski definition) is 5. The number of nitrogens with zero attached hydrogens (tertiary/aromatic N) is 3.